The molecule has 1 heterocycles. The number of hydrogen-bond acceptors (Lipinski definition) is 1. The molecule has 0 aliphatic rings. The quantitative estimate of drug-likeness (QED) is 0.725. The minimum Gasteiger partial charge on any atom is -0.302 e. The van der Waals surface area contributed by atoms with Gasteiger partial charge in [-0.15, -0.1) is 0 Å². The molecule has 2 rings (SSSR count). The molecule has 0 aliphatic heterocycles. The third kappa shape index (κ3) is 2.01. The molecule has 0 fully saturated rings. The largest absolute Gasteiger partial charge is 0.328 e. The van der Waals surface area contributed by atoms with E-state index in [2.05, 4.69) is 19.1 Å². The van der Waals surface area contributed by atoms with Gasteiger partial charge in [-0.1, -0.05) is 29.8 Å². The molecule has 1 aromatic carbocycles. The normalized spacial score (nSPS) is 10.5. The van der Waals surface area contributed by atoms with Gasteiger partial charge in [-0.3, -0.25) is 4.57 Å². The number of imidazole rings is 1. The van der Waals surface area contributed by atoms with Gasteiger partial charge in [0.1, 0.15) is 0 Å². The van der Waals surface area contributed by atoms with Crippen LogP contribution in [-0.4, -0.2) is 9.13 Å². The van der Waals surface area contributed by atoms with Crippen LogP contribution in [0.2, 0.25) is 0 Å². The van der Waals surface area contributed by atoms with Crippen molar-refractivity contribution in [3.05, 3.63) is 58.3 Å². The van der Waals surface area contributed by atoms with Crippen molar-refractivity contribution in [2.45, 2.75) is 13.5 Å². The molecular formula is C12H14N2O. The summed E-state index contributed by atoms with van der Waals surface area (Å²) in [6, 6.07) is 8.20. The maximum absolute atomic E-state index is 11.6. The highest BCUT2D eigenvalue weighted by Gasteiger charge is 2.00. The highest BCUT2D eigenvalue weighted by molar-refractivity contribution is 5.22. The summed E-state index contributed by atoms with van der Waals surface area (Å²) in [5, 5.41) is 0. The van der Waals surface area contributed by atoms with Gasteiger partial charge in [0, 0.05) is 19.4 Å². The van der Waals surface area contributed by atoms with Crippen LogP contribution in [0.3, 0.4) is 0 Å². The average Bonchev–Trinajstić information content (AvgIpc) is 2.50. The lowest BCUT2D eigenvalue weighted by Gasteiger charge is -2.02. The molecule has 0 N–H and O–H groups in total. The summed E-state index contributed by atoms with van der Waals surface area (Å²) in [5.41, 5.74) is 2.40. The Balaban J connectivity index is 2.30. The fraction of sp³-hybridized carbons (Fsp3) is 0.250. The van der Waals surface area contributed by atoms with Gasteiger partial charge in [0.05, 0.1) is 6.54 Å². The molecule has 0 bridgehead atoms. The maximum Gasteiger partial charge on any atom is 0.328 e. The standard InChI is InChI=1S/C12H14N2O/c1-10-4-3-5-11(8-10)9-14-7-6-13(2)12(14)15/h3-8H,9H2,1-2H3. The number of nitrogens with zero attached hydrogens (tertiary/aromatic N) is 2. The van der Waals surface area contributed by atoms with E-state index in [9.17, 15) is 4.79 Å². The molecule has 15 heavy (non-hydrogen) atoms. The summed E-state index contributed by atoms with van der Waals surface area (Å²) < 4.78 is 3.28. The maximum atomic E-state index is 11.6. The van der Waals surface area contributed by atoms with Crippen LogP contribution < -0.4 is 5.69 Å². The summed E-state index contributed by atoms with van der Waals surface area (Å²) in [6.07, 6.45) is 3.59. The summed E-state index contributed by atoms with van der Waals surface area (Å²) in [5.74, 6) is 0. The van der Waals surface area contributed by atoms with Crippen molar-refractivity contribution < 1.29 is 0 Å². The van der Waals surface area contributed by atoms with Crippen molar-refractivity contribution in [1.82, 2.24) is 9.13 Å². The lowest BCUT2D eigenvalue weighted by molar-refractivity contribution is 0.717. The Morgan fingerprint density at radius 2 is 2.07 bits per heavy atom. The van der Waals surface area contributed by atoms with Crippen LogP contribution in [0.5, 0.6) is 0 Å². The van der Waals surface area contributed by atoms with Gasteiger partial charge in [0.25, 0.3) is 0 Å². The van der Waals surface area contributed by atoms with Crippen molar-refractivity contribution in [1.29, 1.82) is 0 Å². The second kappa shape index (κ2) is 3.77. The first-order chi connectivity index (χ1) is 7.16. The number of benzene rings is 1. The molecule has 2 aromatic rings. The SMILES string of the molecule is Cc1cccc(Cn2ccn(C)c2=O)c1. The van der Waals surface area contributed by atoms with Crippen molar-refractivity contribution >= 4 is 0 Å². The van der Waals surface area contributed by atoms with Crippen LogP contribution in [0.4, 0.5) is 0 Å². The van der Waals surface area contributed by atoms with E-state index in [1.54, 1.807) is 22.4 Å². The molecular weight excluding hydrogens is 188 g/mol. The third-order valence-electron chi connectivity index (χ3n) is 2.45. The molecule has 0 spiro atoms. The first kappa shape index (κ1) is 9.77. The van der Waals surface area contributed by atoms with E-state index in [-0.39, 0.29) is 5.69 Å². The summed E-state index contributed by atoms with van der Waals surface area (Å²) in [7, 11) is 1.76. The molecule has 0 radical (unpaired) electrons. The number of aromatic nitrogens is 2. The lowest BCUT2D eigenvalue weighted by Crippen LogP contribution is -2.22. The van der Waals surface area contributed by atoms with E-state index in [0.717, 1.165) is 5.56 Å². The zero-order valence-electron chi connectivity index (χ0n) is 8.97. The van der Waals surface area contributed by atoms with Gasteiger partial charge in [-0.05, 0) is 12.5 Å². The minimum atomic E-state index is 0.0245. The van der Waals surface area contributed by atoms with E-state index >= 15 is 0 Å². The fourth-order valence-electron chi connectivity index (χ4n) is 1.64. The van der Waals surface area contributed by atoms with Gasteiger partial charge in [0.15, 0.2) is 0 Å². The molecule has 0 unspecified atom stereocenters. The Kier molecular flexibility index (Phi) is 2.46. The second-order valence-corrected chi connectivity index (χ2v) is 3.81. The fourth-order valence-corrected chi connectivity index (χ4v) is 1.64. The highest BCUT2D eigenvalue weighted by atomic mass is 16.1. The van der Waals surface area contributed by atoms with E-state index in [4.69, 9.17) is 0 Å². The lowest BCUT2D eigenvalue weighted by atomic mass is 10.1. The Morgan fingerprint density at radius 1 is 1.27 bits per heavy atom. The summed E-state index contributed by atoms with van der Waals surface area (Å²) >= 11 is 0. The van der Waals surface area contributed by atoms with Crippen molar-refractivity contribution in [3.63, 3.8) is 0 Å². The number of rotatable bonds is 2. The van der Waals surface area contributed by atoms with Gasteiger partial charge < -0.3 is 4.57 Å². The van der Waals surface area contributed by atoms with Crippen molar-refractivity contribution in [2.24, 2.45) is 7.05 Å². The molecule has 0 atom stereocenters. The highest BCUT2D eigenvalue weighted by Crippen LogP contribution is 2.04. The van der Waals surface area contributed by atoms with Gasteiger partial charge >= 0.3 is 5.69 Å². The van der Waals surface area contributed by atoms with Crippen molar-refractivity contribution in [3.8, 4) is 0 Å². The molecule has 0 aliphatic carbocycles. The monoisotopic (exact) mass is 202 g/mol. The summed E-state index contributed by atoms with van der Waals surface area (Å²) in [4.78, 5) is 11.6. The van der Waals surface area contributed by atoms with Gasteiger partial charge in [-0.2, -0.15) is 0 Å². The Hall–Kier alpha value is -1.77. The van der Waals surface area contributed by atoms with Crippen molar-refractivity contribution in [2.75, 3.05) is 0 Å². The topological polar surface area (TPSA) is 26.9 Å². The zero-order chi connectivity index (χ0) is 10.8. The second-order valence-electron chi connectivity index (χ2n) is 3.81. The Bertz CT molecular complexity index is 522. The number of hydrogen-bond donors (Lipinski definition) is 0. The van der Waals surface area contributed by atoms with E-state index in [1.807, 2.05) is 18.3 Å². The molecule has 0 amide bonds. The van der Waals surface area contributed by atoms with E-state index in [1.165, 1.54) is 5.56 Å². The van der Waals surface area contributed by atoms with E-state index in [0.29, 0.717) is 6.54 Å². The van der Waals surface area contributed by atoms with Crippen LogP contribution in [0.15, 0.2) is 41.5 Å². The van der Waals surface area contributed by atoms with Crippen LogP contribution in [0.1, 0.15) is 11.1 Å². The van der Waals surface area contributed by atoms with Gasteiger partial charge in [0.2, 0.25) is 0 Å². The van der Waals surface area contributed by atoms with Crippen LogP contribution in [0.25, 0.3) is 0 Å². The predicted molar refractivity (Wildman–Crippen MR) is 60.0 cm³/mol. The van der Waals surface area contributed by atoms with E-state index < -0.39 is 0 Å². The molecule has 0 saturated carbocycles. The molecule has 3 heteroatoms. The third-order valence-corrected chi connectivity index (χ3v) is 2.45. The average molecular weight is 202 g/mol. The van der Waals surface area contributed by atoms with Crippen LogP contribution in [-0.2, 0) is 13.6 Å². The van der Waals surface area contributed by atoms with Crippen LogP contribution >= 0.6 is 0 Å². The Labute approximate surface area is 88.6 Å². The smallest absolute Gasteiger partial charge is 0.302 e. The first-order valence-corrected chi connectivity index (χ1v) is 4.94. The molecule has 1 aromatic heterocycles. The van der Waals surface area contributed by atoms with Crippen LogP contribution in [0, 0.1) is 6.92 Å². The summed E-state index contributed by atoms with van der Waals surface area (Å²) in [6.45, 7) is 2.69. The Morgan fingerprint density at radius 3 is 2.67 bits per heavy atom. The molecule has 78 valence electrons. The number of aryl methyl sites for hydroxylation is 2. The zero-order valence-corrected chi connectivity index (χ0v) is 8.97. The predicted octanol–water partition coefficient (Wildman–Crippen LogP) is 1.54. The molecule has 0 saturated heterocycles. The minimum absolute atomic E-state index is 0.0245. The van der Waals surface area contributed by atoms with Gasteiger partial charge in [-0.25, -0.2) is 4.79 Å². The molecule has 3 nitrogen and oxygen atoms in total. The first-order valence-electron chi connectivity index (χ1n) is 4.94.